The summed E-state index contributed by atoms with van der Waals surface area (Å²) < 4.78 is 27.6. The van der Waals surface area contributed by atoms with Crippen LogP contribution in [0.3, 0.4) is 0 Å². The molecule has 118 valence electrons. The maximum absolute atomic E-state index is 13.3. The number of thiazole rings is 1. The smallest absolute Gasteiger partial charge is 0.254 e. The molecule has 0 saturated carbocycles. The van der Waals surface area contributed by atoms with Crippen molar-refractivity contribution in [2.75, 3.05) is 7.05 Å². The van der Waals surface area contributed by atoms with Crippen LogP contribution in [0.25, 0.3) is 10.2 Å². The largest absolute Gasteiger partial charge is 0.333 e. The number of rotatable bonds is 3. The quantitative estimate of drug-likeness (QED) is 0.712. The van der Waals surface area contributed by atoms with Gasteiger partial charge >= 0.3 is 0 Å². The van der Waals surface area contributed by atoms with Crippen LogP contribution < -0.4 is 0 Å². The van der Waals surface area contributed by atoms with E-state index in [1.54, 1.807) is 7.05 Å². The molecule has 23 heavy (non-hydrogen) atoms. The van der Waals surface area contributed by atoms with E-state index in [9.17, 15) is 13.6 Å². The van der Waals surface area contributed by atoms with Crippen LogP contribution in [0.1, 0.15) is 28.3 Å². The molecular weight excluding hydrogens is 318 g/mol. The molecule has 0 N–H and O–H groups in total. The topological polar surface area (TPSA) is 33.2 Å². The fraction of sp³-hybridized carbons (Fsp3) is 0.176. The Bertz CT molecular complexity index is 825. The van der Waals surface area contributed by atoms with E-state index < -0.39 is 17.5 Å². The molecule has 0 aliphatic heterocycles. The molecule has 6 heteroatoms. The van der Waals surface area contributed by atoms with Gasteiger partial charge in [0.15, 0.2) is 0 Å². The summed E-state index contributed by atoms with van der Waals surface area (Å²) in [4.78, 5) is 18.4. The molecular formula is C17H14F2N2OS. The van der Waals surface area contributed by atoms with Gasteiger partial charge in [0.2, 0.25) is 0 Å². The second-order valence-corrected chi connectivity index (χ2v) is 6.33. The van der Waals surface area contributed by atoms with Crippen molar-refractivity contribution >= 4 is 27.5 Å². The Morgan fingerprint density at radius 2 is 1.83 bits per heavy atom. The molecule has 1 amide bonds. The monoisotopic (exact) mass is 332 g/mol. The molecule has 3 nitrogen and oxygen atoms in total. The Kier molecular flexibility index (Phi) is 4.09. The summed E-state index contributed by atoms with van der Waals surface area (Å²) >= 11 is 1.50. The van der Waals surface area contributed by atoms with Crippen LogP contribution in [-0.2, 0) is 0 Å². The van der Waals surface area contributed by atoms with E-state index in [1.807, 2.05) is 31.2 Å². The van der Waals surface area contributed by atoms with E-state index in [0.29, 0.717) is 0 Å². The predicted molar refractivity (Wildman–Crippen MR) is 86.5 cm³/mol. The Hall–Kier alpha value is -2.34. The van der Waals surface area contributed by atoms with Crippen molar-refractivity contribution in [1.82, 2.24) is 9.88 Å². The van der Waals surface area contributed by atoms with Crippen LogP contribution in [-0.4, -0.2) is 22.8 Å². The van der Waals surface area contributed by atoms with Gasteiger partial charge in [0, 0.05) is 18.7 Å². The first-order valence-electron chi connectivity index (χ1n) is 7.04. The number of carbonyl (C=O) groups is 1. The van der Waals surface area contributed by atoms with Gasteiger partial charge in [-0.25, -0.2) is 13.8 Å². The van der Waals surface area contributed by atoms with Crippen LogP contribution in [0, 0.1) is 11.6 Å². The number of benzene rings is 2. The van der Waals surface area contributed by atoms with Gasteiger partial charge in [-0.05, 0) is 31.2 Å². The first-order chi connectivity index (χ1) is 11.0. The fourth-order valence-electron chi connectivity index (χ4n) is 2.29. The van der Waals surface area contributed by atoms with Gasteiger partial charge in [-0.3, -0.25) is 4.79 Å². The third kappa shape index (κ3) is 3.07. The minimum absolute atomic E-state index is 0.0158. The molecule has 0 unspecified atom stereocenters. The number of para-hydroxylation sites is 1. The number of hydrogen-bond acceptors (Lipinski definition) is 3. The SMILES string of the molecule is C[C@@H](c1nc2ccccc2s1)N(C)C(=O)c1cc(F)cc(F)c1. The standard InChI is InChI=1S/C17H14F2N2OS/c1-10(16-20-14-5-3-4-6-15(14)23-16)21(2)17(22)11-7-12(18)9-13(19)8-11/h3-10H,1-2H3/t10-/m0/s1. The first kappa shape index (κ1) is 15.6. The zero-order valence-electron chi connectivity index (χ0n) is 12.6. The van der Waals surface area contributed by atoms with E-state index >= 15 is 0 Å². The molecule has 0 radical (unpaired) electrons. The van der Waals surface area contributed by atoms with Crippen LogP contribution >= 0.6 is 11.3 Å². The van der Waals surface area contributed by atoms with Gasteiger partial charge in [0.05, 0.1) is 16.3 Å². The van der Waals surface area contributed by atoms with Crippen LogP contribution in [0.2, 0.25) is 0 Å². The molecule has 3 rings (SSSR count). The van der Waals surface area contributed by atoms with E-state index in [2.05, 4.69) is 4.98 Å². The molecule has 0 saturated heterocycles. The second kappa shape index (κ2) is 6.04. The minimum Gasteiger partial charge on any atom is -0.333 e. The summed E-state index contributed by atoms with van der Waals surface area (Å²) in [7, 11) is 1.60. The number of amides is 1. The van der Waals surface area contributed by atoms with Gasteiger partial charge in [-0.15, -0.1) is 11.3 Å². The van der Waals surface area contributed by atoms with Crippen molar-refractivity contribution in [3.8, 4) is 0 Å². The Morgan fingerprint density at radius 1 is 1.17 bits per heavy atom. The summed E-state index contributed by atoms with van der Waals surface area (Å²) in [6.45, 7) is 1.84. The third-order valence-corrected chi connectivity index (χ3v) is 4.89. The van der Waals surface area contributed by atoms with Crippen LogP contribution in [0.15, 0.2) is 42.5 Å². The van der Waals surface area contributed by atoms with Crippen molar-refractivity contribution in [3.05, 3.63) is 64.7 Å². The Balaban J connectivity index is 1.88. The highest BCUT2D eigenvalue weighted by atomic mass is 32.1. The summed E-state index contributed by atoms with van der Waals surface area (Å²) in [5.74, 6) is -1.99. The lowest BCUT2D eigenvalue weighted by atomic mass is 10.1. The van der Waals surface area contributed by atoms with Gasteiger partial charge in [-0.1, -0.05) is 12.1 Å². The number of halogens is 2. The number of hydrogen-bond donors (Lipinski definition) is 0. The highest BCUT2D eigenvalue weighted by Crippen LogP contribution is 2.29. The highest BCUT2D eigenvalue weighted by molar-refractivity contribution is 7.18. The van der Waals surface area contributed by atoms with E-state index in [-0.39, 0.29) is 11.6 Å². The molecule has 1 aromatic heterocycles. The first-order valence-corrected chi connectivity index (χ1v) is 7.86. The minimum atomic E-state index is -0.769. The molecule has 1 atom stereocenters. The normalized spacial score (nSPS) is 12.3. The van der Waals surface area contributed by atoms with E-state index in [0.717, 1.165) is 33.4 Å². The lowest BCUT2D eigenvalue weighted by molar-refractivity contribution is 0.0741. The van der Waals surface area contributed by atoms with Crippen LogP contribution in [0.5, 0.6) is 0 Å². The van der Waals surface area contributed by atoms with E-state index in [4.69, 9.17) is 0 Å². The summed E-state index contributed by atoms with van der Waals surface area (Å²) in [6.07, 6.45) is 0. The van der Waals surface area contributed by atoms with Gasteiger partial charge in [0.1, 0.15) is 16.6 Å². The highest BCUT2D eigenvalue weighted by Gasteiger charge is 2.22. The lowest BCUT2D eigenvalue weighted by Crippen LogP contribution is -2.29. The molecule has 0 aliphatic carbocycles. The Morgan fingerprint density at radius 3 is 2.48 bits per heavy atom. The van der Waals surface area contributed by atoms with Gasteiger partial charge in [-0.2, -0.15) is 0 Å². The van der Waals surface area contributed by atoms with Gasteiger partial charge < -0.3 is 4.90 Å². The molecule has 3 aromatic rings. The van der Waals surface area contributed by atoms with Crippen molar-refractivity contribution in [2.45, 2.75) is 13.0 Å². The molecule has 0 fully saturated rings. The van der Waals surface area contributed by atoms with Crippen molar-refractivity contribution in [2.24, 2.45) is 0 Å². The maximum atomic E-state index is 13.3. The zero-order valence-corrected chi connectivity index (χ0v) is 13.4. The predicted octanol–water partition coefficient (Wildman–Crippen LogP) is 4.41. The Labute approximate surface area is 136 Å². The number of aromatic nitrogens is 1. The number of fused-ring (bicyclic) bond motifs is 1. The lowest BCUT2D eigenvalue weighted by Gasteiger charge is -2.23. The fourth-order valence-corrected chi connectivity index (χ4v) is 3.35. The summed E-state index contributed by atoms with van der Waals surface area (Å²) in [6, 6.07) is 10.2. The van der Waals surface area contributed by atoms with Crippen molar-refractivity contribution in [1.29, 1.82) is 0 Å². The van der Waals surface area contributed by atoms with Crippen LogP contribution in [0.4, 0.5) is 8.78 Å². The van der Waals surface area contributed by atoms with Gasteiger partial charge in [0.25, 0.3) is 5.91 Å². The maximum Gasteiger partial charge on any atom is 0.254 e. The molecule has 0 spiro atoms. The van der Waals surface area contributed by atoms with Crippen molar-refractivity contribution < 1.29 is 13.6 Å². The van der Waals surface area contributed by atoms with E-state index in [1.165, 1.54) is 16.2 Å². The number of carbonyl (C=O) groups excluding carboxylic acids is 1. The average Bonchev–Trinajstić information content (AvgIpc) is 2.95. The van der Waals surface area contributed by atoms with Crippen molar-refractivity contribution in [3.63, 3.8) is 0 Å². The number of nitrogens with zero attached hydrogens (tertiary/aromatic N) is 2. The molecule has 0 bridgehead atoms. The summed E-state index contributed by atoms with van der Waals surface area (Å²) in [5, 5.41) is 0.777. The third-order valence-electron chi connectivity index (χ3n) is 3.68. The second-order valence-electron chi connectivity index (χ2n) is 5.27. The molecule has 1 heterocycles. The molecule has 0 aliphatic rings. The average molecular weight is 332 g/mol. The zero-order chi connectivity index (χ0) is 16.6. The molecule has 2 aromatic carbocycles. The summed E-state index contributed by atoms with van der Waals surface area (Å²) in [5.41, 5.74) is 0.856.